The van der Waals surface area contributed by atoms with Gasteiger partial charge >= 0.3 is 0 Å². The number of nitriles is 1. The van der Waals surface area contributed by atoms with Crippen molar-refractivity contribution >= 4 is 5.78 Å². The van der Waals surface area contributed by atoms with Gasteiger partial charge in [0.25, 0.3) is 0 Å². The van der Waals surface area contributed by atoms with Crippen LogP contribution in [0.15, 0.2) is 18.2 Å². The predicted molar refractivity (Wildman–Crippen MR) is 65.0 cm³/mol. The summed E-state index contributed by atoms with van der Waals surface area (Å²) in [6.45, 7) is 0.626. The lowest BCUT2D eigenvalue weighted by Gasteiger charge is -2.15. The zero-order valence-corrected chi connectivity index (χ0v) is 10.4. The maximum atomic E-state index is 13.1. The van der Waals surface area contributed by atoms with Gasteiger partial charge in [0.1, 0.15) is 11.6 Å². The number of Topliss-reactive ketones (excluding diaryl/α,β-unsaturated/α-hetero) is 1. The highest BCUT2D eigenvalue weighted by Crippen LogP contribution is 2.20. The number of benzene rings is 1. The summed E-state index contributed by atoms with van der Waals surface area (Å²) in [5.41, 5.74) is 0.223. The van der Waals surface area contributed by atoms with Gasteiger partial charge in [0.2, 0.25) is 0 Å². The van der Waals surface area contributed by atoms with Crippen molar-refractivity contribution in [2.45, 2.75) is 6.42 Å². The van der Waals surface area contributed by atoms with E-state index in [2.05, 4.69) is 0 Å². The maximum Gasteiger partial charge on any atom is 0.180 e. The molecule has 0 heterocycles. The van der Waals surface area contributed by atoms with Gasteiger partial charge in [-0.15, -0.1) is 0 Å². The first-order chi connectivity index (χ1) is 8.58. The van der Waals surface area contributed by atoms with E-state index in [4.69, 9.17) is 10.00 Å². The molecule has 0 N–H and O–H groups in total. The van der Waals surface area contributed by atoms with Gasteiger partial charge in [-0.3, -0.25) is 9.69 Å². The molecule has 0 bridgehead atoms. The highest BCUT2D eigenvalue weighted by molar-refractivity contribution is 6.00. The highest BCUT2D eigenvalue weighted by Gasteiger charge is 2.15. The summed E-state index contributed by atoms with van der Waals surface area (Å²) in [5, 5.41) is 8.45. The van der Waals surface area contributed by atoms with E-state index >= 15 is 0 Å². The van der Waals surface area contributed by atoms with E-state index in [0.717, 1.165) is 0 Å². The minimum Gasteiger partial charge on any atom is -0.496 e. The average Bonchev–Trinajstić information content (AvgIpc) is 2.36. The van der Waals surface area contributed by atoms with Crippen LogP contribution in [0.25, 0.3) is 0 Å². The molecule has 1 rings (SSSR count). The molecule has 0 saturated heterocycles. The number of methoxy groups -OCH3 is 1. The van der Waals surface area contributed by atoms with Crippen molar-refractivity contribution in [3.05, 3.63) is 29.6 Å². The fraction of sp³-hybridized carbons (Fsp3) is 0.385. The number of ketones is 1. The predicted octanol–water partition coefficient (Wildman–Crippen LogP) is 1.86. The molecule has 0 aliphatic rings. The molecule has 0 spiro atoms. The molecule has 1 aromatic rings. The van der Waals surface area contributed by atoms with Gasteiger partial charge in [0.05, 0.1) is 25.3 Å². The van der Waals surface area contributed by atoms with Crippen LogP contribution in [0.5, 0.6) is 5.75 Å². The Morgan fingerprint density at radius 1 is 1.56 bits per heavy atom. The topological polar surface area (TPSA) is 53.3 Å². The second-order valence-electron chi connectivity index (χ2n) is 3.91. The van der Waals surface area contributed by atoms with Gasteiger partial charge < -0.3 is 4.74 Å². The van der Waals surface area contributed by atoms with E-state index < -0.39 is 5.82 Å². The van der Waals surface area contributed by atoms with E-state index in [1.54, 1.807) is 11.9 Å². The maximum absolute atomic E-state index is 13.1. The summed E-state index contributed by atoms with van der Waals surface area (Å²) >= 11 is 0. The van der Waals surface area contributed by atoms with Crippen LogP contribution in [-0.4, -0.2) is 37.9 Å². The number of rotatable bonds is 6. The molecule has 0 aliphatic heterocycles. The largest absolute Gasteiger partial charge is 0.496 e. The quantitative estimate of drug-likeness (QED) is 0.723. The van der Waals surface area contributed by atoms with E-state index in [9.17, 15) is 9.18 Å². The SMILES string of the molecule is COc1ccc(F)cc1C(=O)CN(C)CCC#N. The number of carbonyl (C=O) groups is 1. The lowest BCUT2D eigenvalue weighted by Crippen LogP contribution is -2.27. The minimum absolute atomic E-state index is 0.126. The van der Waals surface area contributed by atoms with Crippen LogP contribution in [-0.2, 0) is 0 Å². The Hall–Kier alpha value is -1.93. The molecule has 5 heteroatoms. The highest BCUT2D eigenvalue weighted by atomic mass is 19.1. The second kappa shape index (κ2) is 6.72. The molecule has 0 saturated carbocycles. The van der Waals surface area contributed by atoms with Crippen LogP contribution < -0.4 is 4.74 Å². The Morgan fingerprint density at radius 3 is 2.89 bits per heavy atom. The van der Waals surface area contributed by atoms with Crippen LogP contribution in [0.3, 0.4) is 0 Å². The van der Waals surface area contributed by atoms with Gasteiger partial charge in [-0.25, -0.2) is 4.39 Å². The van der Waals surface area contributed by atoms with Gasteiger partial charge in [-0.05, 0) is 25.2 Å². The molecule has 1 aromatic carbocycles. The van der Waals surface area contributed by atoms with E-state index in [1.807, 2.05) is 6.07 Å². The van der Waals surface area contributed by atoms with Crippen molar-refractivity contribution < 1.29 is 13.9 Å². The van der Waals surface area contributed by atoms with Crippen molar-refractivity contribution in [2.75, 3.05) is 27.2 Å². The molecule has 0 aliphatic carbocycles. The third-order valence-electron chi connectivity index (χ3n) is 2.48. The number of halogens is 1. The first kappa shape index (κ1) is 14.1. The summed E-state index contributed by atoms with van der Waals surface area (Å²) in [6, 6.07) is 5.85. The van der Waals surface area contributed by atoms with Crippen LogP contribution in [0.1, 0.15) is 16.8 Å². The Kier molecular flexibility index (Phi) is 5.28. The van der Waals surface area contributed by atoms with Gasteiger partial charge in [-0.2, -0.15) is 5.26 Å². The Morgan fingerprint density at radius 2 is 2.28 bits per heavy atom. The van der Waals surface area contributed by atoms with E-state index in [1.165, 1.54) is 25.3 Å². The molecule has 0 atom stereocenters. The van der Waals surface area contributed by atoms with Crippen molar-refractivity contribution in [3.8, 4) is 11.8 Å². The molecule has 0 radical (unpaired) electrons. The zero-order chi connectivity index (χ0) is 13.5. The van der Waals surface area contributed by atoms with Crippen LogP contribution >= 0.6 is 0 Å². The third kappa shape index (κ3) is 3.82. The number of carbonyl (C=O) groups excluding carboxylic acids is 1. The Labute approximate surface area is 106 Å². The fourth-order valence-electron chi connectivity index (χ4n) is 1.55. The molecule has 0 fully saturated rings. The number of nitrogens with zero attached hydrogens (tertiary/aromatic N) is 2. The Bertz CT molecular complexity index is 469. The van der Waals surface area contributed by atoms with Crippen molar-refractivity contribution in [1.82, 2.24) is 4.90 Å². The molecule has 4 nitrogen and oxygen atoms in total. The van der Waals surface area contributed by atoms with Crippen molar-refractivity contribution in [1.29, 1.82) is 5.26 Å². The van der Waals surface area contributed by atoms with E-state index in [-0.39, 0.29) is 17.9 Å². The fourth-order valence-corrected chi connectivity index (χ4v) is 1.55. The standard InChI is InChI=1S/C13H15FN2O2/c1-16(7-3-6-15)9-12(17)11-8-10(14)4-5-13(11)18-2/h4-5,8H,3,7,9H2,1-2H3. The number of hydrogen-bond donors (Lipinski definition) is 0. The van der Waals surface area contributed by atoms with Crippen LogP contribution in [0, 0.1) is 17.1 Å². The minimum atomic E-state index is -0.473. The summed E-state index contributed by atoms with van der Waals surface area (Å²) < 4.78 is 18.1. The third-order valence-corrected chi connectivity index (χ3v) is 2.48. The number of ether oxygens (including phenoxy) is 1. The van der Waals surface area contributed by atoms with Gasteiger partial charge in [0, 0.05) is 13.0 Å². The smallest absolute Gasteiger partial charge is 0.180 e. The molecule has 96 valence electrons. The Balaban J connectivity index is 2.77. The lowest BCUT2D eigenvalue weighted by molar-refractivity contribution is 0.0944. The van der Waals surface area contributed by atoms with Gasteiger partial charge in [-0.1, -0.05) is 0 Å². The van der Waals surface area contributed by atoms with Crippen molar-refractivity contribution in [2.24, 2.45) is 0 Å². The number of likely N-dealkylation sites (N-methyl/N-ethyl adjacent to an activating group) is 1. The molecule has 18 heavy (non-hydrogen) atoms. The van der Waals surface area contributed by atoms with Gasteiger partial charge in [0.15, 0.2) is 5.78 Å². The van der Waals surface area contributed by atoms with Crippen LogP contribution in [0.4, 0.5) is 4.39 Å². The molecule has 0 aromatic heterocycles. The zero-order valence-electron chi connectivity index (χ0n) is 10.4. The first-order valence-electron chi connectivity index (χ1n) is 5.50. The van der Waals surface area contributed by atoms with E-state index in [0.29, 0.717) is 18.7 Å². The molecule has 0 unspecified atom stereocenters. The normalized spacial score (nSPS) is 10.2. The summed E-state index contributed by atoms with van der Waals surface area (Å²) in [4.78, 5) is 13.7. The lowest BCUT2D eigenvalue weighted by atomic mass is 10.1. The van der Waals surface area contributed by atoms with Crippen molar-refractivity contribution in [3.63, 3.8) is 0 Å². The summed E-state index contributed by atoms with van der Waals surface area (Å²) in [7, 11) is 3.17. The molecule has 0 amide bonds. The second-order valence-corrected chi connectivity index (χ2v) is 3.91. The van der Waals surface area contributed by atoms with Crippen LogP contribution in [0.2, 0.25) is 0 Å². The summed E-state index contributed by atoms with van der Waals surface area (Å²) in [5.74, 6) is -0.347. The first-order valence-corrected chi connectivity index (χ1v) is 5.50. The molecular formula is C13H15FN2O2. The monoisotopic (exact) mass is 250 g/mol. The average molecular weight is 250 g/mol. The number of hydrogen-bond acceptors (Lipinski definition) is 4. The molecular weight excluding hydrogens is 235 g/mol. The summed E-state index contributed by atoms with van der Waals surface area (Å²) in [6.07, 6.45) is 0.351.